The number of hydrogen-bond acceptors (Lipinski definition) is 5. The molecule has 1 aliphatic rings. The molecule has 2 atom stereocenters. The van der Waals surface area contributed by atoms with E-state index in [-0.39, 0.29) is 11.9 Å². The number of para-hydroxylation sites is 1. The third kappa shape index (κ3) is 5.04. The molecule has 168 valence electrons. The Morgan fingerprint density at radius 1 is 1.16 bits per heavy atom. The minimum absolute atomic E-state index is 0.0587. The molecule has 1 fully saturated rings. The van der Waals surface area contributed by atoms with Crippen molar-refractivity contribution in [2.45, 2.75) is 63.6 Å². The second kappa shape index (κ2) is 10.3. The summed E-state index contributed by atoms with van der Waals surface area (Å²) in [6, 6.07) is 12.5. The zero-order valence-corrected chi connectivity index (χ0v) is 19.8. The number of nitrogens with one attached hydrogen (secondary N) is 1. The van der Waals surface area contributed by atoms with E-state index < -0.39 is 0 Å². The third-order valence-electron chi connectivity index (χ3n) is 6.14. The first-order valence-electron chi connectivity index (χ1n) is 11.4. The Bertz CT molecular complexity index is 1050. The Morgan fingerprint density at radius 2 is 1.97 bits per heavy atom. The Labute approximate surface area is 194 Å². The Kier molecular flexibility index (Phi) is 7.25. The fourth-order valence-corrected chi connectivity index (χ4v) is 5.11. The molecule has 1 aromatic carbocycles. The van der Waals surface area contributed by atoms with Gasteiger partial charge >= 0.3 is 0 Å². The molecule has 0 aliphatic heterocycles. The highest BCUT2D eigenvalue weighted by atomic mass is 32.2. The smallest absolute Gasteiger partial charge is 0.230 e. The number of benzene rings is 1. The van der Waals surface area contributed by atoms with Crippen LogP contribution >= 0.6 is 11.8 Å². The molecule has 32 heavy (non-hydrogen) atoms. The second-order valence-electron chi connectivity index (χ2n) is 8.82. The molecular weight excluding hydrogens is 418 g/mol. The molecule has 1 aliphatic carbocycles. The van der Waals surface area contributed by atoms with E-state index in [0.29, 0.717) is 22.7 Å². The highest BCUT2D eigenvalue weighted by Gasteiger charge is 2.24. The van der Waals surface area contributed by atoms with E-state index >= 15 is 0 Å². The van der Waals surface area contributed by atoms with Crippen LogP contribution in [0.4, 0.5) is 0 Å². The van der Waals surface area contributed by atoms with Crippen LogP contribution in [0.5, 0.6) is 0 Å². The molecule has 6 nitrogen and oxygen atoms in total. The monoisotopic (exact) mass is 449 g/mol. The van der Waals surface area contributed by atoms with Crippen LogP contribution in [0.1, 0.15) is 57.9 Å². The van der Waals surface area contributed by atoms with Gasteiger partial charge in [-0.2, -0.15) is 0 Å². The number of amides is 1. The summed E-state index contributed by atoms with van der Waals surface area (Å²) in [5.41, 5.74) is 3.14. The van der Waals surface area contributed by atoms with Gasteiger partial charge in [-0.15, -0.1) is 10.2 Å². The van der Waals surface area contributed by atoms with Crippen molar-refractivity contribution in [1.29, 1.82) is 0 Å². The van der Waals surface area contributed by atoms with Gasteiger partial charge in [0.2, 0.25) is 5.91 Å². The number of aromatic nitrogens is 4. The van der Waals surface area contributed by atoms with Crippen molar-refractivity contribution in [2.24, 2.45) is 5.92 Å². The predicted molar refractivity (Wildman–Crippen MR) is 129 cm³/mol. The first-order valence-corrected chi connectivity index (χ1v) is 12.4. The van der Waals surface area contributed by atoms with Crippen LogP contribution in [-0.4, -0.2) is 37.5 Å². The van der Waals surface area contributed by atoms with Crippen LogP contribution in [0, 0.1) is 5.92 Å². The van der Waals surface area contributed by atoms with Crippen molar-refractivity contribution in [3.05, 3.63) is 54.4 Å². The maximum atomic E-state index is 12.7. The van der Waals surface area contributed by atoms with E-state index in [9.17, 15) is 4.79 Å². The number of pyridine rings is 1. The normalized spacial score (nSPS) is 18.6. The van der Waals surface area contributed by atoms with Gasteiger partial charge < -0.3 is 5.32 Å². The third-order valence-corrected chi connectivity index (χ3v) is 7.07. The summed E-state index contributed by atoms with van der Waals surface area (Å²) in [7, 11) is 0. The van der Waals surface area contributed by atoms with Gasteiger partial charge in [-0.1, -0.05) is 63.6 Å². The van der Waals surface area contributed by atoms with Crippen molar-refractivity contribution in [3.63, 3.8) is 0 Å². The lowest BCUT2D eigenvalue weighted by Gasteiger charge is -2.29. The van der Waals surface area contributed by atoms with Crippen LogP contribution in [0.2, 0.25) is 0 Å². The van der Waals surface area contributed by atoms with E-state index in [1.807, 2.05) is 18.2 Å². The van der Waals surface area contributed by atoms with E-state index in [1.165, 1.54) is 36.6 Å². The molecule has 1 saturated carbocycles. The number of nitrogens with zero attached hydrogens (tertiary/aromatic N) is 4. The van der Waals surface area contributed by atoms with Gasteiger partial charge in [-0.05, 0) is 48.4 Å². The summed E-state index contributed by atoms with van der Waals surface area (Å²) in [4.78, 5) is 17.0. The SMILES string of the molecule is CC(C)c1ccccc1-n1c(SCC(=O)NC2CCCCC2C)nnc1-c1cccnc1. The quantitative estimate of drug-likeness (QED) is 0.500. The molecular formula is C25H31N5OS. The van der Waals surface area contributed by atoms with Crippen LogP contribution in [0.25, 0.3) is 17.1 Å². The van der Waals surface area contributed by atoms with Gasteiger partial charge in [0.25, 0.3) is 0 Å². The molecule has 2 heterocycles. The summed E-state index contributed by atoms with van der Waals surface area (Å²) >= 11 is 1.43. The summed E-state index contributed by atoms with van der Waals surface area (Å²) in [5, 5.41) is 12.9. The minimum atomic E-state index is 0.0587. The van der Waals surface area contributed by atoms with Gasteiger partial charge in [0.1, 0.15) is 0 Å². The van der Waals surface area contributed by atoms with Crippen molar-refractivity contribution >= 4 is 17.7 Å². The van der Waals surface area contributed by atoms with Gasteiger partial charge in [0.05, 0.1) is 11.4 Å². The van der Waals surface area contributed by atoms with Crippen molar-refractivity contribution in [3.8, 4) is 17.1 Å². The molecule has 0 radical (unpaired) electrons. The molecule has 7 heteroatoms. The first kappa shape index (κ1) is 22.5. The van der Waals surface area contributed by atoms with Gasteiger partial charge in [0.15, 0.2) is 11.0 Å². The lowest BCUT2D eigenvalue weighted by molar-refractivity contribution is -0.119. The lowest BCUT2D eigenvalue weighted by Crippen LogP contribution is -2.41. The maximum absolute atomic E-state index is 12.7. The van der Waals surface area contributed by atoms with E-state index in [1.54, 1.807) is 12.4 Å². The predicted octanol–water partition coefficient (Wildman–Crippen LogP) is 5.24. The Balaban J connectivity index is 1.62. The lowest BCUT2D eigenvalue weighted by atomic mass is 9.86. The molecule has 2 aromatic heterocycles. The summed E-state index contributed by atoms with van der Waals surface area (Å²) in [6.07, 6.45) is 8.26. The summed E-state index contributed by atoms with van der Waals surface area (Å²) in [6.45, 7) is 6.59. The number of carbonyl (C=O) groups is 1. The van der Waals surface area contributed by atoms with Crippen molar-refractivity contribution in [2.75, 3.05) is 5.75 Å². The Hall–Kier alpha value is -2.67. The molecule has 1 amide bonds. The molecule has 0 bridgehead atoms. The molecule has 0 spiro atoms. The standard InChI is InChI=1S/C25H31N5OS/c1-17(2)20-11-5-7-13-22(20)30-24(19-10-8-14-26-15-19)28-29-25(30)32-16-23(31)27-21-12-6-4-9-18(21)3/h5,7-8,10-11,13-15,17-18,21H,4,6,9,12,16H2,1-3H3,(H,27,31). The van der Waals surface area contributed by atoms with Crippen molar-refractivity contribution < 1.29 is 4.79 Å². The van der Waals surface area contributed by atoms with E-state index in [2.05, 4.69) is 64.0 Å². The Morgan fingerprint density at radius 3 is 2.72 bits per heavy atom. The molecule has 0 saturated heterocycles. The number of rotatable bonds is 7. The zero-order chi connectivity index (χ0) is 22.5. The fourth-order valence-electron chi connectivity index (χ4n) is 4.35. The number of carbonyl (C=O) groups excluding carboxylic acids is 1. The van der Waals surface area contributed by atoms with Crippen molar-refractivity contribution in [1.82, 2.24) is 25.1 Å². The largest absolute Gasteiger partial charge is 0.352 e. The van der Waals surface area contributed by atoms with E-state index in [4.69, 9.17) is 0 Å². The van der Waals surface area contributed by atoms with Crippen LogP contribution < -0.4 is 5.32 Å². The topological polar surface area (TPSA) is 72.7 Å². The van der Waals surface area contributed by atoms with Crippen LogP contribution in [0.3, 0.4) is 0 Å². The number of thioether (sulfide) groups is 1. The number of hydrogen-bond donors (Lipinski definition) is 1. The highest BCUT2D eigenvalue weighted by Crippen LogP contribution is 2.32. The minimum Gasteiger partial charge on any atom is -0.352 e. The van der Waals surface area contributed by atoms with Crippen LogP contribution in [-0.2, 0) is 4.79 Å². The molecule has 2 unspecified atom stereocenters. The zero-order valence-electron chi connectivity index (χ0n) is 19.0. The first-order chi connectivity index (χ1) is 15.5. The molecule has 3 aromatic rings. The van der Waals surface area contributed by atoms with Crippen LogP contribution in [0.15, 0.2) is 53.9 Å². The van der Waals surface area contributed by atoms with E-state index in [0.717, 1.165) is 23.5 Å². The van der Waals surface area contributed by atoms with Gasteiger partial charge in [-0.25, -0.2) is 0 Å². The maximum Gasteiger partial charge on any atom is 0.230 e. The second-order valence-corrected chi connectivity index (χ2v) is 9.76. The fraction of sp³-hybridized carbons (Fsp3) is 0.440. The summed E-state index contributed by atoms with van der Waals surface area (Å²) in [5.74, 6) is 1.98. The molecule has 1 N–H and O–H groups in total. The summed E-state index contributed by atoms with van der Waals surface area (Å²) < 4.78 is 2.06. The average Bonchev–Trinajstić information content (AvgIpc) is 3.23. The van der Waals surface area contributed by atoms with Gasteiger partial charge in [-0.3, -0.25) is 14.3 Å². The average molecular weight is 450 g/mol. The highest BCUT2D eigenvalue weighted by molar-refractivity contribution is 7.99. The van der Waals surface area contributed by atoms with Gasteiger partial charge in [0, 0.05) is 24.0 Å². The molecule has 4 rings (SSSR count).